The molecule has 4 rings (SSSR count). The van der Waals surface area contributed by atoms with Crippen molar-refractivity contribution in [1.82, 2.24) is 4.98 Å². The van der Waals surface area contributed by atoms with Crippen molar-refractivity contribution < 1.29 is 9.53 Å². The number of esters is 1. The predicted molar refractivity (Wildman–Crippen MR) is 95.5 cm³/mol. The van der Waals surface area contributed by atoms with Crippen LogP contribution in [0.4, 0.5) is 5.69 Å². The highest BCUT2D eigenvalue weighted by Gasteiger charge is 2.50. The number of anilines is 1. The quantitative estimate of drug-likeness (QED) is 0.808. The van der Waals surface area contributed by atoms with Crippen LogP contribution in [0.15, 0.2) is 29.6 Å². The fraction of sp³-hybridized carbons (Fsp3) is 0.474. The molecule has 2 fully saturated rings. The number of carbonyl (C=O) groups is 1. The van der Waals surface area contributed by atoms with Gasteiger partial charge in [0.1, 0.15) is 5.01 Å². The molecule has 2 aromatic rings. The molecule has 126 valence electrons. The van der Waals surface area contributed by atoms with E-state index in [9.17, 15) is 4.79 Å². The number of benzene rings is 1. The largest absolute Gasteiger partial charge is 0.464 e. The zero-order valence-corrected chi connectivity index (χ0v) is 14.7. The molecule has 1 aromatic carbocycles. The van der Waals surface area contributed by atoms with Gasteiger partial charge in [-0.05, 0) is 54.7 Å². The molecule has 1 N–H and O–H groups in total. The second-order valence-corrected chi connectivity index (χ2v) is 7.85. The van der Waals surface area contributed by atoms with Gasteiger partial charge in [-0.1, -0.05) is 18.6 Å². The van der Waals surface area contributed by atoms with Crippen LogP contribution in [0.2, 0.25) is 0 Å². The lowest BCUT2D eigenvalue weighted by molar-refractivity contribution is -0.00195. The van der Waals surface area contributed by atoms with Gasteiger partial charge in [0, 0.05) is 11.1 Å². The van der Waals surface area contributed by atoms with E-state index in [4.69, 9.17) is 4.74 Å². The minimum atomic E-state index is -0.379. The molecule has 0 aliphatic heterocycles. The zero-order valence-electron chi connectivity index (χ0n) is 13.9. The third-order valence-electron chi connectivity index (χ3n) is 5.70. The number of aromatic nitrogens is 1. The van der Waals surface area contributed by atoms with E-state index in [0.717, 1.165) is 16.6 Å². The summed E-state index contributed by atoms with van der Waals surface area (Å²) in [7, 11) is 1.38. The fourth-order valence-electron chi connectivity index (χ4n) is 4.08. The molecule has 2 saturated carbocycles. The lowest BCUT2D eigenvalue weighted by Gasteiger charge is -2.56. The fourth-order valence-corrected chi connectivity index (χ4v) is 4.78. The van der Waals surface area contributed by atoms with E-state index in [1.54, 1.807) is 5.38 Å². The SMILES string of the molecule is COC(=O)c1csc(CNc2cccc(C3CCC34CCC4)c2)n1. The summed E-state index contributed by atoms with van der Waals surface area (Å²) < 4.78 is 4.69. The van der Waals surface area contributed by atoms with Crippen LogP contribution in [-0.2, 0) is 11.3 Å². The molecule has 0 amide bonds. The van der Waals surface area contributed by atoms with Gasteiger partial charge in [0.25, 0.3) is 0 Å². The Morgan fingerprint density at radius 1 is 1.42 bits per heavy atom. The highest BCUT2D eigenvalue weighted by molar-refractivity contribution is 7.09. The van der Waals surface area contributed by atoms with Gasteiger partial charge in [-0.3, -0.25) is 0 Å². The molecular formula is C19H22N2O2S. The van der Waals surface area contributed by atoms with Crippen LogP contribution in [0.25, 0.3) is 0 Å². The zero-order chi connectivity index (χ0) is 16.6. The molecule has 4 nitrogen and oxygen atoms in total. The number of nitrogens with zero attached hydrogens (tertiary/aromatic N) is 1. The van der Waals surface area contributed by atoms with Crippen molar-refractivity contribution in [3.05, 3.63) is 45.9 Å². The summed E-state index contributed by atoms with van der Waals surface area (Å²) in [5, 5.41) is 6.07. The summed E-state index contributed by atoms with van der Waals surface area (Å²) in [4.78, 5) is 15.8. The normalized spacial score (nSPS) is 21.0. The van der Waals surface area contributed by atoms with E-state index in [-0.39, 0.29) is 5.97 Å². The van der Waals surface area contributed by atoms with Gasteiger partial charge in [-0.2, -0.15) is 0 Å². The van der Waals surface area contributed by atoms with Gasteiger partial charge in [0.2, 0.25) is 0 Å². The molecule has 1 heterocycles. The Hall–Kier alpha value is -1.88. The van der Waals surface area contributed by atoms with Crippen LogP contribution >= 0.6 is 11.3 Å². The number of rotatable bonds is 5. The predicted octanol–water partition coefficient (Wildman–Crippen LogP) is 4.59. The minimum Gasteiger partial charge on any atom is -0.464 e. The Kier molecular flexibility index (Phi) is 4.04. The number of hydrogen-bond donors (Lipinski definition) is 1. The van der Waals surface area contributed by atoms with Gasteiger partial charge in [-0.15, -0.1) is 11.3 Å². The van der Waals surface area contributed by atoms with Crippen molar-refractivity contribution in [2.75, 3.05) is 12.4 Å². The first-order valence-electron chi connectivity index (χ1n) is 8.57. The Bertz CT molecular complexity index is 746. The number of methoxy groups -OCH3 is 1. The molecule has 0 bridgehead atoms. The van der Waals surface area contributed by atoms with Crippen molar-refractivity contribution in [3.8, 4) is 0 Å². The molecular weight excluding hydrogens is 320 g/mol. The summed E-state index contributed by atoms with van der Waals surface area (Å²) in [6.45, 7) is 0.626. The molecule has 1 unspecified atom stereocenters. The molecule has 1 atom stereocenters. The maximum atomic E-state index is 11.5. The monoisotopic (exact) mass is 342 g/mol. The Morgan fingerprint density at radius 2 is 2.29 bits per heavy atom. The van der Waals surface area contributed by atoms with Crippen LogP contribution in [0.1, 0.15) is 59.1 Å². The van der Waals surface area contributed by atoms with E-state index in [0.29, 0.717) is 17.7 Å². The van der Waals surface area contributed by atoms with Crippen LogP contribution in [0.3, 0.4) is 0 Å². The van der Waals surface area contributed by atoms with Gasteiger partial charge in [0.15, 0.2) is 5.69 Å². The third kappa shape index (κ3) is 2.71. The van der Waals surface area contributed by atoms with Crippen LogP contribution in [0, 0.1) is 5.41 Å². The summed E-state index contributed by atoms with van der Waals surface area (Å²) in [5.41, 5.74) is 3.61. The number of ether oxygens (including phenoxy) is 1. The molecule has 2 aliphatic carbocycles. The topological polar surface area (TPSA) is 51.2 Å². The molecule has 0 radical (unpaired) electrons. The Labute approximate surface area is 146 Å². The summed E-state index contributed by atoms with van der Waals surface area (Å²) >= 11 is 1.48. The lowest BCUT2D eigenvalue weighted by atomic mass is 9.48. The maximum absolute atomic E-state index is 11.5. The van der Waals surface area contributed by atoms with Crippen molar-refractivity contribution in [2.45, 2.75) is 44.6 Å². The summed E-state index contributed by atoms with van der Waals surface area (Å²) in [6, 6.07) is 8.81. The maximum Gasteiger partial charge on any atom is 0.357 e. The van der Waals surface area contributed by atoms with E-state index >= 15 is 0 Å². The van der Waals surface area contributed by atoms with Gasteiger partial charge < -0.3 is 10.1 Å². The van der Waals surface area contributed by atoms with Crippen molar-refractivity contribution in [3.63, 3.8) is 0 Å². The highest BCUT2D eigenvalue weighted by Crippen LogP contribution is 2.64. The van der Waals surface area contributed by atoms with E-state index in [2.05, 4.69) is 34.6 Å². The Balaban J connectivity index is 1.41. The van der Waals surface area contributed by atoms with Crippen molar-refractivity contribution >= 4 is 23.0 Å². The van der Waals surface area contributed by atoms with E-state index in [1.165, 1.54) is 56.1 Å². The van der Waals surface area contributed by atoms with Crippen LogP contribution < -0.4 is 5.32 Å². The first kappa shape index (κ1) is 15.6. The van der Waals surface area contributed by atoms with Crippen LogP contribution in [0.5, 0.6) is 0 Å². The highest BCUT2D eigenvalue weighted by atomic mass is 32.1. The summed E-state index contributed by atoms with van der Waals surface area (Å²) in [6.07, 6.45) is 6.96. The third-order valence-corrected chi connectivity index (χ3v) is 6.55. The first-order chi connectivity index (χ1) is 11.7. The van der Waals surface area contributed by atoms with E-state index in [1.807, 2.05) is 0 Å². The number of carbonyl (C=O) groups excluding carboxylic acids is 1. The molecule has 2 aliphatic rings. The molecule has 24 heavy (non-hydrogen) atoms. The van der Waals surface area contributed by atoms with Gasteiger partial charge in [0.05, 0.1) is 13.7 Å². The smallest absolute Gasteiger partial charge is 0.357 e. The van der Waals surface area contributed by atoms with Crippen molar-refractivity contribution in [1.29, 1.82) is 0 Å². The average molecular weight is 342 g/mol. The number of hydrogen-bond acceptors (Lipinski definition) is 5. The second-order valence-electron chi connectivity index (χ2n) is 6.90. The molecule has 1 aromatic heterocycles. The lowest BCUT2D eigenvalue weighted by Crippen LogP contribution is -2.43. The number of thiazole rings is 1. The summed E-state index contributed by atoms with van der Waals surface area (Å²) in [5.74, 6) is 0.370. The average Bonchev–Trinajstić information content (AvgIpc) is 2.99. The van der Waals surface area contributed by atoms with E-state index < -0.39 is 0 Å². The molecule has 0 saturated heterocycles. The van der Waals surface area contributed by atoms with Gasteiger partial charge >= 0.3 is 5.97 Å². The standard InChI is InChI=1S/C19H22N2O2S/c1-23-18(22)16-12-24-17(21-16)11-20-14-5-2-4-13(10-14)15-6-9-19(15)7-3-8-19/h2,4-5,10,12,15,20H,3,6-9,11H2,1H3. The first-order valence-corrected chi connectivity index (χ1v) is 9.45. The van der Waals surface area contributed by atoms with Crippen LogP contribution in [-0.4, -0.2) is 18.1 Å². The second kappa shape index (κ2) is 6.20. The van der Waals surface area contributed by atoms with Gasteiger partial charge in [-0.25, -0.2) is 9.78 Å². The molecule has 1 spiro atoms. The number of nitrogens with one attached hydrogen (secondary N) is 1. The van der Waals surface area contributed by atoms with Crippen molar-refractivity contribution in [2.24, 2.45) is 5.41 Å². The Morgan fingerprint density at radius 3 is 2.96 bits per heavy atom. The molecule has 5 heteroatoms. The minimum absolute atomic E-state index is 0.379.